The van der Waals surface area contributed by atoms with Crippen molar-refractivity contribution < 1.29 is 24.5 Å². The summed E-state index contributed by atoms with van der Waals surface area (Å²) < 4.78 is 10.9. The summed E-state index contributed by atoms with van der Waals surface area (Å²) in [4.78, 5) is 9.51. The van der Waals surface area contributed by atoms with Gasteiger partial charge in [-0.05, 0) is 11.8 Å². The van der Waals surface area contributed by atoms with Gasteiger partial charge in [-0.25, -0.2) is 0 Å². The molecule has 0 N–H and O–H groups in total. The van der Waals surface area contributed by atoms with Crippen LogP contribution in [0.25, 0.3) is 61.3 Å². The Labute approximate surface area is 366 Å². The maximum atomic E-state index is 9.54. The van der Waals surface area contributed by atoms with Gasteiger partial charge in [0.05, 0.1) is 6.07 Å². The van der Waals surface area contributed by atoms with Crippen LogP contribution in [0, 0.1) is 23.5 Å². The normalized spacial score (nSPS) is 12.1. The van der Waals surface area contributed by atoms with Gasteiger partial charge in [0.25, 0.3) is 0 Å². The van der Waals surface area contributed by atoms with E-state index in [9.17, 15) is 5.26 Å². The van der Waals surface area contributed by atoms with E-state index in [4.69, 9.17) is 9.40 Å². The van der Waals surface area contributed by atoms with Crippen LogP contribution in [0.3, 0.4) is 0 Å². The molecule has 5 nitrogen and oxygen atoms in total. The molecule has 8 rings (SSSR count). The average molecular weight is 1020 g/mol. The second-order valence-electron chi connectivity index (χ2n) is 18.2. The Morgan fingerprint density at radius 1 is 0.746 bits per heavy atom. The van der Waals surface area contributed by atoms with Crippen molar-refractivity contribution in [1.82, 2.24) is 14.5 Å². The summed E-state index contributed by atoms with van der Waals surface area (Å²) in [6, 6.07) is 45.8. The topological polar surface area (TPSA) is 67.6 Å². The molecule has 1 radical (unpaired) electrons. The number of benzene rings is 5. The van der Waals surface area contributed by atoms with E-state index in [0.29, 0.717) is 23.0 Å². The van der Waals surface area contributed by atoms with E-state index in [0.717, 1.165) is 50.0 Å². The molecule has 0 aliphatic rings. The van der Waals surface area contributed by atoms with Gasteiger partial charge >= 0.3 is 266 Å². The molecule has 0 saturated heterocycles. The first kappa shape index (κ1) is 43.8. The number of aromatic nitrogens is 3. The number of pyridine rings is 1. The fourth-order valence-corrected chi connectivity index (χ4v) is 18.8. The molecule has 0 bridgehead atoms. The predicted octanol–water partition coefficient (Wildman–Crippen LogP) is 13.9. The van der Waals surface area contributed by atoms with Gasteiger partial charge in [0.1, 0.15) is 0 Å². The zero-order valence-electron chi connectivity index (χ0n) is 36.2. The first-order chi connectivity index (χ1) is 27.5. The number of hydrogen-bond acceptors (Lipinski definition) is 4. The molecule has 0 aliphatic carbocycles. The third-order valence-electron chi connectivity index (χ3n) is 12.2. The van der Waals surface area contributed by atoms with Crippen LogP contribution in [0.5, 0.6) is 0 Å². The second kappa shape index (κ2) is 17.1. The standard InChI is InChI=1S/C41H46GeN3O.C11H8N.Ir/c1-25(2)32-22-28(42(11,40(5,6)7)41(8,9)10)23-33(26(3)4)37(32)45-35-18-13-12-17-34(35)44-39(45)31-16-14-15-30-29-20-19-27(24-43)21-36(29)46-38(30)31;1-2-6-10(7-3-1)11-8-4-5-9-12-11;/h12-15,17-23,25-26H,1-11H3;1-6,8-9H;/q2*-1;. The van der Waals surface area contributed by atoms with E-state index in [1.807, 2.05) is 72.8 Å². The van der Waals surface area contributed by atoms with Crippen molar-refractivity contribution >= 4 is 50.6 Å². The molecule has 3 heterocycles. The number of imidazole rings is 1. The Balaban J connectivity index is 0.000000384. The zero-order valence-corrected chi connectivity index (χ0v) is 40.6. The van der Waals surface area contributed by atoms with Crippen LogP contribution in [-0.4, -0.2) is 27.8 Å². The Morgan fingerprint density at radius 3 is 2.00 bits per heavy atom. The van der Waals surface area contributed by atoms with Crippen LogP contribution < -0.4 is 4.40 Å². The third kappa shape index (κ3) is 8.10. The van der Waals surface area contributed by atoms with Crippen molar-refractivity contribution in [3.8, 4) is 34.4 Å². The van der Waals surface area contributed by atoms with E-state index in [2.05, 4.69) is 139 Å². The van der Waals surface area contributed by atoms with Crippen molar-refractivity contribution in [3.63, 3.8) is 0 Å². The second-order valence-corrected chi connectivity index (χ2v) is 30.4. The first-order valence-corrected chi connectivity index (χ1v) is 25.6. The Hall–Kier alpha value is -4.80. The van der Waals surface area contributed by atoms with E-state index in [1.165, 1.54) is 16.8 Å². The van der Waals surface area contributed by atoms with Crippen LogP contribution in [0.15, 0.2) is 120 Å². The molecule has 0 unspecified atom stereocenters. The van der Waals surface area contributed by atoms with Gasteiger partial charge in [-0.3, -0.25) is 0 Å². The quantitative estimate of drug-likeness (QED) is 0.123. The number of fused-ring (bicyclic) bond motifs is 4. The maximum absolute atomic E-state index is 9.54. The fraction of sp³-hybridized carbons (Fsp3) is 0.288. The van der Waals surface area contributed by atoms with Gasteiger partial charge in [0, 0.05) is 26.3 Å². The van der Waals surface area contributed by atoms with Gasteiger partial charge in [-0.15, -0.1) is 35.9 Å². The third-order valence-corrected chi connectivity index (χ3v) is 27.8. The number of para-hydroxylation sites is 2. The predicted molar refractivity (Wildman–Crippen MR) is 245 cm³/mol. The minimum absolute atomic E-state index is 0. The van der Waals surface area contributed by atoms with Crippen molar-refractivity contribution in [2.75, 3.05) is 0 Å². The van der Waals surface area contributed by atoms with Crippen molar-refractivity contribution in [2.24, 2.45) is 0 Å². The Morgan fingerprint density at radius 2 is 1.41 bits per heavy atom. The van der Waals surface area contributed by atoms with Crippen molar-refractivity contribution in [2.45, 2.75) is 95.3 Å². The molecule has 0 atom stereocenters. The Kier molecular flexibility index (Phi) is 12.7. The van der Waals surface area contributed by atoms with Crippen molar-refractivity contribution in [1.29, 1.82) is 5.26 Å². The molecule has 3 aromatic heterocycles. The van der Waals surface area contributed by atoms with E-state index >= 15 is 0 Å². The van der Waals surface area contributed by atoms with E-state index < -0.39 is 13.3 Å². The van der Waals surface area contributed by atoms with E-state index in [-0.39, 0.29) is 28.6 Å². The van der Waals surface area contributed by atoms with Gasteiger partial charge in [-0.2, -0.15) is 5.26 Å². The summed E-state index contributed by atoms with van der Waals surface area (Å²) in [5.41, 5.74) is 10.8. The number of nitrogens with zero attached hydrogens (tertiary/aromatic N) is 4. The molecule has 0 saturated carbocycles. The SMILES string of the molecule is CC(C)c1c[c]([Ge]([CH3])([C](C)(C)C)[C](C)(C)C)cc(C(C)C)c1-n1c(-c2[c-]ccc3c2oc2cc(C#N)ccc23)nc2ccccc21.[Ir].[c-]1ccccc1-c1ccccn1. The number of nitriles is 1. The summed E-state index contributed by atoms with van der Waals surface area (Å²) >= 11 is -2.74. The fourth-order valence-electron chi connectivity index (χ4n) is 8.57. The molecular formula is C52H54GeIrN4O-2. The smallest absolute Gasteiger partial charge is 0.0160 e. The molecular weight excluding hydrogens is 961 g/mol. The summed E-state index contributed by atoms with van der Waals surface area (Å²) in [5.74, 6) is 4.04. The van der Waals surface area contributed by atoms with Crippen LogP contribution in [-0.2, 0) is 20.1 Å². The van der Waals surface area contributed by atoms with Crippen LogP contribution >= 0.6 is 0 Å². The molecule has 59 heavy (non-hydrogen) atoms. The maximum Gasteiger partial charge on any atom is 0.0160 e. The molecule has 0 aliphatic heterocycles. The first-order valence-electron chi connectivity index (χ1n) is 20.4. The summed E-state index contributed by atoms with van der Waals surface area (Å²) in [5, 5.41) is 11.5. The van der Waals surface area contributed by atoms with Gasteiger partial charge in [0.2, 0.25) is 0 Å². The molecule has 0 amide bonds. The zero-order chi connectivity index (χ0) is 41.6. The molecule has 7 heteroatoms. The average Bonchev–Trinajstić information content (AvgIpc) is 3.78. The van der Waals surface area contributed by atoms with E-state index in [1.54, 1.807) is 10.6 Å². The monoisotopic (exact) mass is 1020 g/mol. The van der Waals surface area contributed by atoms with Gasteiger partial charge < -0.3 is 4.98 Å². The summed E-state index contributed by atoms with van der Waals surface area (Å²) in [6.45, 7) is 24.0. The number of furan rings is 1. The molecule has 5 aromatic carbocycles. The summed E-state index contributed by atoms with van der Waals surface area (Å²) in [7, 11) is 0. The Bertz CT molecular complexity index is 2700. The molecule has 0 fully saturated rings. The van der Waals surface area contributed by atoms with Crippen LogP contribution in [0.4, 0.5) is 0 Å². The number of rotatable bonds is 6. The van der Waals surface area contributed by atoms with Crippen molar-refractivity contribution in [3.05, 3.63) is 144 Å². The van der Waals surface area contributed by atoms with Crippen LogP contribution in [0.2, 0.25) is 14.3 Å². The van der Waals surface area contributed by atoms with Crippen LogP contribution in [0.1, 0.15) is 97.8 Å². The minimum Gasteiger partial charge on any atom is -0.305 e. The molecule has 8 aromatic rings. The molecule has 0 spiro atoms. The van der Waals surface area contributed by atoms with Gasteiger partial charge in [0.15, 0.2) is 0 Å². The largest absolute Gasteiger partial charge is 0.305 e. The minimum atomic E-state index is -2.74. The van der Waals surface area contributed by atoms with Gasteiger partial charge in [-0.1, -0.05) is 12.1 Å². The summed E-state index contributed by atoms with van der Waals surface area (Å²) in [6.07, 6.45) is 1.79. The molecule has 303 valence electrons. The number of hydrogen-bond donors (Lipinski definition) is 0.